The summed E-state index contributed by atoms with van der Waals surface area (Å²) in [4.78, 5) is 23.9. The third kappa shape index (κ3) is 6.66. The van der Waals surface area contributed by atoms with Crippen LogP contribution in [0.15, 0.2) is 48.5 Å². The van der Waals surface area contributed by atoms with Gasteiger partial charge in [0.25, 0.3) is 0 Å². The first-order valence-electron chi connectivity index (χ1n) is 7.47. The first kappa shape index (κ1) is 20.3. The number of rotatable bonds is 8. The molecule has 0 amide bonds. The lowest BCUT2D eigenvalue weighted by molar-refractivity contribution is -0.0498. The molecule has 0 aromatic heterocycles. The Hall–Kier alpha value is -3.01. The molecule has 10 heteroatoms. The maximum atomic E-state index is 12.1. The Labute approximate surface area is 154 Å². The zero-order chi connectivity index (χ0) is 20.0. The monoisotopic (exact) mass is 399 g/mol. The van der Waals surface area contributed by atoms with Crippen LogP contribution in [0.2, 0.25) is 0 Å². The van der Waals surface area contributed by atoms with Crippen LogP contribution in [-0.4, -0.2) is 39.6 Å². The van der Waals surface area contributed by atoms with Crippen molar-refractivity contribution < 1.29 is 36.3 Å². The molecule has 0 aliphatic heterocycles. The minimum atomic E-state index is -3.43. The lowest BCUT2D eigenvalue weighted by atomic mass is 10.1. The van der Waals surface area contributed by atoms with Gasteiger partial charge in [-0.05, 0) is 48.5 Å². The van der Waals surface area contributed by atoms with Crippen LogP contribution in [0, 0.1) is 0 Å². The SMILES string of the molecule is CS(=O)(=O)Nc1ccc(C(=O)COC(=O)c2ccc(OC(F)F)cc2)cc1. The Morgan fingerprint density at radius 1 is 1.00 bits per heavy atom. The second-order valence-electron chi connectivity index (χ2n) is 5.35. The summed E-state index contributed by atoms with van der Waals surface area (Å²) in [5.74, 6) is -1.41. The highest BCUT2D eigenvalue weighted by Crippen LogP contribution is 2.16. The first-order chi connectivity index (χ1) is 12.6. The summed E-state index contributed by atoms with van der Waals surface area (Å²) in [6, 6.07) is 10.4. The standard InChI is InChI=1S/C17H15F2NO6S/c1-27(23,24)20-13-6-2-11(3-7-13)15(21)10-25-16(22)12-4-8-14(9-5-12)26-17(18)19/h2-9,17,20H,10H2,1H3. The average Bonchev–Trinajstić information content (AvgIpc) is 2.59. The minimum absolute atomic E-state index is 0.0668. The van der Waals surface area contributed by atoms with Gasteiger partial charge in [-0.3, -0.25) is 9.52 Å². The molecule has 0 bridgehead atoms. The first-order valence-corrected chi connectivity index (χ1v) is 9.36. The third-order valence-electron chi connectivity index (χ3n) is 3.16. The van der Waals surface area contributed by atoms with Gasteiger partial charge in [-0.15, -0.1) is 0 Å². The zero-order valence-corrected chi connectivity index (χ0v) is 14.8. The van der Waals surface area contributed by atoms with Crippen LogP contribution >= 0.6 is 0 Å². The molecule has 2 aromatic carbocycles. The second kappa shape index (κ2) is 8.58. The number of anilines is 1. The van der Waals surface area contributed by atoms with Crippen LogP contribution in [0.1, 0.15) is 20.7 Å². The lowest BCUT2D eigenvalue weighted by Gasteiger charge is -2.07. The summed E-state index contributed by atoms with van der Waals surface area (Å²) in [5, 5.41) is 0. The highest BCUT2D eigenvalue weighted by molar-refractivity contribution is 7.92. The second-order valence-corrected chi connectivity index (χ2v) is 7.10. The van der Waals surface area contributed by atoms with Crippen molar-refractivity contribution >= 4 is 27.5 Å². The molecule has 0 saturated heterocycles. The van der Waals surface area contributed by atoms with E-state index in [-0.39, 0.29) is 22.6 Å². The van der Waals surface area contributed by atoms with Crippen molar-refractivity contribution in [3.63, 3.8) is 0 Å². The highest BCUT2D eigenvalue weighted by atomic mass is 32.2. The fourth-order valence-corrected chi connectivity index (χ4v) is 2.57. The molecule has 0 radical (unpaired) electrons. The number of hydrogen-bond donors (Lipinski definition) is 1. The van der Waals surface area contributed by atoms with Gasteiger partial charge in [0.05, 0.1) is 11.8 Å². The summed E-state index contributed by atoms with van der Waals surface area (Å²) in [5.41, 5.74) is 0.580. The summed E-state index contributed by atoms with van der Waals surface area (Å²) in [6.07, 6.45) is 0.998. The fourth-order valence-electron chi connectivity index (χ4n) is 2.01. The Balaban J connectivity index is 1.91. The number of halogens is 2. The van der Waals surface area contributed by atoms with Crippen LogP contribution in [-0.2, 0) is 14.8 Å². The van der Waals surface area contributed by atoms with Gasteiger partial charge in [0.1, 0.15) is 5.75 Å². The predicted octanol–water partition coefficient (Wildman–Crippen LogP) is 2.70. The summed E-state index contributed by atoms with van der Waals surface area (Å²) in [7, 11) is -3.43. The number of carbonyl (C=O) groups excluding carboxylic acids is 2. The molecule has 0 atom stereocenters. The van der Waals surface area contributed by atoms with E-state index in [9.17, 15) is 26.8 Å². The molecule has 0 saturated carbocycles. The number of esters is 1. The largest absolute Gasteiger partial charge is 0.454 e. The molecule has 27 heavy (non-hydrogen) atoms. The van der Waals surface area contributed by atoms with Crippen LogP contribution in [0.5, 0.6) is 5.75 Å². The molecule has 0 spiro atoms. The van der Waals surface area contributed by atoms with Crippen LogP contribution in [0.25, 0.3) is 0 Å². The van der Waals surface area contributed by atoms with Crippen molar-refractivity contribution in [2.24, 2.45) is 0 Å². The van der Waals surface area contributed by atoms with Gasteiger partial charge >= 0.3 is 12.6 Å². The van der Waals surface area contributed by atoms with Crippen LogP contribution in [0.4, 0.5) is 14.5 Å². The number of Topliss-reactive ketones (excluding diaryl/α,β-unsaturated/α-hetero) is 1. The maximum absolute atomic E-state index is 12.1. The average molecular weight is 399 g/mol. The molecular weight excluding hydrogens is 384 g/mol. The van der Waals surface area contributed by atoms with Crippen molar-refractivity contribution in [3.05, 3.63) is 59.7 Å². The van der Waals surface area contributed by atoms with E-state index >= 15 is 0 Å². The smallest absolute Gasteiger partial charge is 0.387 e. The van der Waals surface area contributed by atoms with Gasteiger partial charge in [0, 0.05) is 11.3 Å². The number of carbonyl (C=O) groups is 2. The van der Waals surface area contributed by atoms with E-state index < -0.39 is 35.0 Å². The molecule has 0 aliphatic carbocycles. The Kier molecular flexibility index (Phi) is 6.45. The van der Waals surface area contributed by atoms with Crippen molar-refractivity contribution in [2.75, 3.05) is 17.6 Å². The lowest BCUT2D eigenvalue weighted by Crippen LogP contribution is -2.14. The molecule has 0 unspecified atom stereocenters. The zero-order valence-electron chi connectivity index (χ0n) is 14.0. The van der Waals surface area contributed by atoms with Gasteiger partial charge in [-0.25, -0.2) is 13.2 Å². The molecule has 0 aliphatic rings. The molecular formula is C17H15F2NO6S. The van der Waals surface area contributed by atoms with E-state index in [1.165, 1.54) is 48.5 Å². The fraction of sp³-hybridized carbons (Fsp3) is 0.176. The molecule has 144 valence electrons. The van der Waals surface area contributed by atoms with E-state index in [1.807, 2.05) is 0 Å². The number of alkyl halides is 2. The summed E-state index contributed by atoms with van der Waals surface area (Å²) in [6.45, 7) is -3.51. The number of hydrogen-bond acceptors (Lipinski definition) is 6. The van der Waals surface area contributed by atoms with Gasteiger partial charge in [-0.2, -0.15) is 8.78 Å². The number of nitrogens with one attached hydrogen (secondary N) is 1. The quantitative estimate of drug-likeness (QED) is 0.541. The number of sulfonamides is 1. The molecule has 2 rings (SSSR count). The van der Waals surface area contributed by atoms with Gasteiger partial charge in [0.15, 0.2) is 12.4 Å². The normalized spacial score (nSPS) is 11.1. The Morgan fingerprint density at radius 2 is 1.56 bits per heavy atom. The van der Waals surface area contributed by atoms with E-state index in [1.54, 1.807) is 0 Å². The number of ether oxygens (including phenoxy) is 2. The summed E-state index contributed by atoms with van der Waals surface area (Å²) >= 11 is 0. The van der Waals surface area contributed by atoms with Crippen molar-refractivity contribution in [2.45, 2.75) is 6.61 Å². The molecule has 1 N–H and O–H groups in total. The van der Waals surface area contributed by atoms with Crippen molar-refractivity contribution in [1.82, 2.24) is 0 Å². The highest BCUT2D eigenvalue weighted by Gasteiger charge is 2.13. The van der Waals surface area contributed by atoms with E-state index in [2.05, 4.69) is 9.46 Å². The maximum Gasteiger partial charge on any atom is 0.387 e. The number of ketones is 1. The molecule has 2 aromatic rings. The molecule has 7 nitrogen and oxygen atoms in total. The van der Waals surface area contributed by atoms with Crippen LogP contribution in [0.3, 0.4) is 0 Å². The van der Waals surface area contributed by atoms with Crippen molar-refractivity contribution in [3.8, 4) is 5.75 Å². The van der Waals surface area contributed by atoms with E-state index in [0.717, 1.165) is 6.26 Å². The van der Waals surface area contributed by atoms with E-state index in [0.29, 0.717) is 0 Å². The topological polar surface area (TPSA) is 98.8 Å². The van der Waals surface area contributed by atoms with Gasteiger partial charge in [-0.1, -0.05) is 0 Å². The minimum Gasteiger partial charge on any atom is -0.454 e. The Bertz CT molecular complexity index is 911. The van der Waals surface area contributed by atoms with Gasteiger partial charge in [0.2, 0.25) is 10.0 Å². The van der Waals surface area contributed by atoms with Crippen LogP contribution < -0.4 is 9.46 Å². The predicted molar refractivity (Wildman–Crippen MR) is 92.6 cm³/mol. The molecule has 0 heterocycles. The van der Waals surface area contributed by atoms with Gasteiger partial charge < -0.3 is 9.47 Å². The Morgan fingerprint density at radius 3 is 2.07 bits per heavy atom. The summed E-state index contributed by atoms with van der Waals surface area (Å²) < 4.78 is 57.7. The van der Waals surface area contributed by atoms with Crippen molar-refractivity contribution in [1.29, 1.82) is 0 Å². The van der Waals surface area contributed by atoms with E-state index in [4.69, 9.17) is 4.74 Å². The molecule has 0 fully saturated rings. The third-order valence-corrected chi connectivity index (χ3v) is 3.77. The number of benzene rings is 2.